The minimum Gasteiger partial charge on any atom is -0.393 e. The Morgan fingerprint density at radius 2 is 1.97 bits per heavy atom. The van der Waals surface area contributed by atoms with E-state index in [1.54, 1.807) is 5.57 Å². The van der Waals surface area contributed by atoms with Gasteiger partial charge in [-0.25, -0.2) is 8.78 Å². The Morgan fingerprint density at radius 1 is 1.14 bits per heavy atom. The first-order valence-electron chi connectivity index (χ1n) is 12.0. The van der Waals surface area contributed by atoms with Crippen LogP contribution in [0.2, 0.25) is 0 Å². The van der Waals surface area contributed by atoms with Gasteiger partial charge in [-0.3, -0.25) is 0 Å². The van der Waals surface area contributed by atoms with E-state index in [0.717, 1.165) is 50.5 Å². The maximum absolute atomic E-state index is 12.6. The highest BCUT2D eigenvalue weighted by Crippen LogP contribution is 2.58. The van der Waals surface area contributed by atoms with Gasteiger partial charge in [-0.1, -0.05) is 30.2 Å². The van der Waals surface area contributed by atoms with Crippen LogP contribution in [0.25, 0.3) is 0 Å². The second-order valence-electron chi connectivity index (χ2n) is 10.5. The van der Waals surface area contributed by atoms with Crippen LogP contribution in [0.15, 0.2) is 23.3 Å². The van der Waals surface area contributed by atoms with Gasteiger partial charge >= 0.3 is 0 Å². The van der Waals surface area contributed by atoms with Gasteiger partial charge in [0.15, 0.2) is 0 Å². The van der Waals surface area contributed by atoms with E-state index in [2.05, 4.69) is 24.0 Å². The van der Waals surface area contributed by atoms with Crippen LogP contribution in [-0.2, 0) is 0 Å². The zero-order valence-electron chi connectivity index (χ0n) is 18.1. The summed E-state index contributed by atoms with van der Waals surface area (Å²) in [4.78, 5) is 2.21. The van der Waals surface area contributed by atoms with Crippen molar-refractivity contribution < 1.29 is 13.9 Å². The van der Waals surface area contributed by atoms with Crippen LogP contribution >= 0.6 is 0 Å². The molecule has 29 heavy (non-hydrogen) atoms. The fourth-order valence-electron chi connectivity index (χ4n) is 6.78. The first-order valence-corrected chi connectivity index (χ1v) is 12.0. The molecular weight excluding hydrogens is 368 g/mol. The van der Waals surface area contributed by atoms with Crippen molar-refractivity contribution in [1.82, 2.24) is 4.90 Å². The van der Waals surface area contributed by atoms with E-state index in [-0.39, 0.29) is 12.0 Å². The molecule has 3 aliphatic carbocycles. The van der Waals surface area contributed by atoms with Crippen molar-refractivity contribution >= 4 is 0 Å². The molecule has 1 aliphatic heterocycles. The van der Waals surface area contributed by atoms with Gasteiger partial charge in [0.1, 0.15) is 0 Å². The predicted octanol–water partition coefficient (Wildman–Crippen LogP) is 5.97. The number of aliphatic hydroxyl groups is 1. The highest BCUT2D eigenvalue weighted by Gasteiger charge is 2.48. The van der Waals surface area contributed by atoms with Crippen LogP contribution in [-0.4, -0.2) is 42.2 Å². The summed E-state index contributed by atoms with van der Waals surface area (Å²) in [6.07, 6.45) is 15.5. The maximum atomic E-state index is 12.6. The fourth-order valence-corrected chi connectivity index (χ4v) is 6.78. The molecule has 3 saturated carbocycles. The minimum atomic E-state index is -2.14. The van der Waals surface area contributed by atoms with Gasteiger partial charge in [-0.15, -0.1) is 0 Å². The lowest BCUT2D eigenvalue weighted by Gasteiger charge is -2.43. The van der Waals surface area contributed by atoms with Gasteiger partial charge in [-0.2, -0.15) is 0 Å². The molecule has 0 aromatic carbocycles. The average molecular weight is 408 g/mol. The number of fused-ring (bicyclic) bond motifs is 1. The number of likely N-dealkylation sites (tertiary alicyclic amines) is 1. The van der Waals surface area contributed by atoms with Crippen molar-refractivity contribution in [2.45, 2.75) is 90.1 Å². The number of allylic oxidation sites excluding steroid dienone is 3. The van der Waals surface area contributed by atoms with Crippen molar-refractivity contribution in [2.75, 3.05) is 19.6 Å². The fraction of sp³-hybridized carbons (Fsp3) is 0.840. The number of alkyl halides is 2. The summed E-state index contributed by atoms with van der Waals surface area (Å²) in [6, 6.07) is 0. The molecular formula is C25H39F2NO. The van der Waals surface area contributed by atoms with Gasteiger partial charge < -0.3 is 10.0 Å². The molecule has 4 rings (SSSR count). The van der Waals surface area contributed by atoms with Crippen molar-refractivity contribution in [1.29, 1.82) is 0 Å². The highest BCUT2D eigenvalue weighted by molar-refractivity contribution is 5.25. The van der Waals surface area contributed by atoms with Crippen molar-refractivity contribution in [3.63, 3.8) is 0 Å². The lowest BCUT2D eigenvalue weighted by Crippen LogP contribution is -2.50. The minimum absolute atomic E-state index is 0.136. The molecule has 4 aliphatic rings. The Hall–Kier alpha value is -0.740. The highest BCUT2D eigenvalue weighted by atomic mass is 19.3. The molecule has 0 aromatic heterocycles. The quantitative estimate of drug-likeness (QED) is 0.586. The second-order valence-corrected chi connectivity index (χ2v) is 10.5. The molecule has 4 heteroatoms. The summed E-state index contributed by atoms with van der Waals surface area (Å²) in [6.45, 7) is 4.71. The summed E-state index contributed by atoms with van der Waals surface area (Å²) in [5.41, 5.74) is 3.50. The van der Waals surface area contributed by atoms with E-state index in [0.29, 0.717) is 18.5 Å². The Kier molecular flexibility index (Phi) is 6.80. The SMILES string of the molecule is CC12CCC/C(=C\C=C3\CCCC(O)C3)C1CCC2CCCN1CC(C(F)F)C1. The van der Waals surface area contributed by atoms with Gasteiger partial charge in [0, 0.05) is 19.0 Å². The number of hydrogen-bond donors (Lipinski definition) is 1. The molecule has 164 valence electrons. The van der Waals surface area contributed by atoms with Crippen LogP contribution < -0.4 is 0 Å². The van der Waals surface area contributed by atoms with Gasteiger partial charge in [0.05, 0.1) is 6.10 Å². The lowest BCUT2D eigenvalue weighted by molar-refractivity contribution is -0.0255. The van der Waals surface area contributed by atoms with E-state index < -0.39 is 6.43 Å². The van der Waals surface area contributed by atoms with Gasteiger partial charge in [0.25, 0.3) is 0 Å². The molecule has 1 heterocycles. The van der Waals surface area contributed by atoms with E-state index >= 15 is 0 Å². The van der Waals surface area contributed by atoms with Crippen LogP contribution in [0, 0.1) is 23.2 Å². The van der Waals surface area contributed by atoms with Crippen molar-refractivity contribution in [2.24, 2.45) is 23.2 Å². The van der Waals surface area contributed by atoms with E-state index in [1.807, 2.05) is 0 Å². The molecule has 0 radical (unpaired) electrons. The van der Waals surface area contributed by atoms with Crippen LogP contribution in [0.3, 0.4) is 0 Å². The molecule has 4 unspecified atom stereocenters. The average Bonchev–Trinajstić information content (AvgIpc) is 2.98. The zero-order valence-corrected chi connectivity index (χ0v) is 18.1. The molecule has 0 bridgehead atoms. The standard InChI is InChI=1S/C25H39F2NO/c1-25-13-3-6-19(10-9-18-5-2-8-22(29)15-18)23(25)12-11-21(25)7-4-14-28-16-20(17-28)24(26)27/h9-10,20-24,29H,2-8,11-17H2,1H3/b18-9-,19-10+. The second kappa shape index (κ2) is 9.18. The van der Waals surface area contributed by atoms with Crippen LogP contribution in [0.5, 0.6) is 0 Å². The third-order valence-corrected chi connectivity index (χ3v) is 8.60. The van der Waals surface area contributed by atoms with E-state index in [1.165, 1.54) is 44.1 Å². The maximum Gasteiger partial charge on any atom is 0.243 e. The lowest BCUT2D eigenvalue weighted by atomic mass is 9.62. The molecule has 1 saturated heterocycles. The molecule has 0 amide bonds. The topological polar surface area (TPSA) is 23.5 Å². The third-order valence-electron chi connectivity index (χ3n) is 8.60. The predicted molar refractivity (Wildman–Crippen MR) is 114 cm³/mol. The Balaban J connectivity index is 1.30. The summed E-state index contributed by atoms with van der Waals surface area (Å²) in [5.74, 6) is 1.13. The molecule has 0 aromatic rings. The molecule has 0 spiro atoms. The van der Waals surface area contributed by atoms with Crippen molar-refractivity contribution in [3.05, 3.63) is 23.3 Å². The smallest absolute Gasteiger partial charge is 0.243 e. The summed E-state index contributed by atoms with van der Waals surface area (Å²) in [5, 5.41) is 9.93. The Bertz CT molecular complexity index is 624. The number of nitrogens with zero attached hydrogens (tertiary/aromatic N) is 1. The third kappa shape index (κ3) is 4.79. The van der Waals surface area contributed by atoms with Crippen LogP contribution in [0.1, 0.15) is 77.6 Å². The number of aliphatic hydroxyl groups excluding tert-OH is 1. The summed E-state index contributed by atoms with van der Waals surface area (Å²) < 4.78 is 25.3. The summed E-state index contributed by atoms with van der Waals surface area (Å²) >= 11 is 0. The largest absolute Gasteiger partial charge is 0.393 e. The number of hydrogen-bond acceptors (Lipinski definition) is 2. The Morgan fingerprint density at radius 3 is 2.72 bits per heavy atom. The molecule has 4 atom stereocenters. The first kappa shape index (κ1) is 21.5. The van der Waals surface area contributed by atoms with Crippen molar-refractivity contribution in [3.8, 4) is 0 Å². The Labute approximate surface area is 175 Å². The molecule has 4 fully saturated rings. The summed E-state index contributed by atoms with van der Waals surface area (Å²) in [7, 11) is 0. The van der Waals surface area contributed by atoms with E-state index in [4.69, 9.17) is 0 Å². The van der Waals surface area contributed by atoms with Gasteiger partial charge in [0.2, 0.25) is 6.43 Å². The first-order chi connectivity index (χ1) is 14.0. The zero-order chi connectivity index (χ0) is 20.4. The monoisotopic (exact) mass is 407 g/mol. The molecule has 1 N–H and O–H groups in total. The number of rotatable bonds is 6. The van der Waals surface area contributed by atoms with E-state index in [9.17, 15) is 13.9 Å². The molecule has 2 nitrogen and oxygen atoms in total. The normalized spacial score (nSPS) is 39.3. The van der Waals surface area contributed by atoms with Gasteiger partial charge in [-0.05, 0) is 94.4 Å². The number of halogens is 2. The van der Waals surface area contributed by atoms with Crippen LogP contribution in [0.4, 0.5) is 8.78 Å².